The normalized spacial score (nSPS) is 15.4. The van der Waals surface area contributed by atoms with E-state index in [9.17, 15) is 9.18 Å². The second-order valence-electron chi connectivity index (χ2n) is 4.29. The maximum absolute atomic E-state index is 12.9. The first-order valence-corrected chi connectivity index (χ1v) is 6.83. The first-order chi connectivity index (χ1) is 9.22. The molecule has 1 N–H and O–H groups in total. The van der Waals surface area contributed by atoms with E-state index in [0.29, 0.717) is 13.1 Å². The summed E-state index contributed by atoms with van der Waals surface area (Å²) in [6.07, 6.45) is 0. The van der Waals surface area contributed by atoms with Crippen LogP contribution in [0.4, 0.5) is 9.52 Å². The average molecular weight is 277 g/mol. The third-order valence-corrected chi connectivity index (χ3v) is 3.84. The number of aromatic nitrogens is 1. The first-order valence-electron chi connectivity index (χ1n) is 5.95. The first kappa shape index (κ1) is 12.1. The predicted molar refractivity (Wildman–Crippen MR) is 72.7 cm³/mol. The Hall–Kier alpha value is -1.95. The standard InChI is InChI=1S/C13H12FN3OS/c14-10-3-1-9(2-4-10)11-8-19-13(16-11)17-6-5-15-12(18)7-17/h1-4,8H,5-7H2,(H,15,18). The average Bonchev–Trinajstić information content (AvgIpc) is 2.89. The molecule has 0 aliphatic carbocycles. The number of anilines is 1. The molecular weight excluding hydrogens is 265 g/mol. The highest BCUT2D eigenvalue weighted by Gasteiger charge is 2.19. The fraction of sp³-hybridized carbons (Fsp3) is 0.231. The summed E-state index contributed by atoms with van der Waals surface area (Å²) in [6.45, 7) is 1.75. The van der Waals surface area contributed by atoms with E-state index in [1.54, 1.807) is 12.1 Å². The number of hydrogen-bond donors (Lipinski definition) is 1. The number of carbonyl (C=O) groups is 1. The molecule has 0 radical (unpaired) electrons. The number of carbonyl (C=O) groups excluding carboxylic acids is 1. The maximum Gasteiger partial charge on any atom is 0.239 e. The number of hydrogen-bond acceptors (Lipinski definition) is 4. The number of nitrogens with one attached hydrogen (secondary N) is 1. The summed E-state index contributed by atoms with van der Waals surface area (Å²) in [5.74, 6) is -0.239. The van der Waals surface area contributed by atoms with Gasteiger partial charge in [-0.3, -0.25) is 4.79 Å². The molecule has 19 heavy (non-hydrogen) atoms. The molecule has 3 rings (SSSR count). The van der Waals surface area contributed by atoms with Crippen LogP contribution in [-0.4, -0.2) is 30.5 Å². The van der Waals surface area contributed by atoms with Crippen molar-refractivity contribution in [3.63, 3.8) is 0 Å². The second kappa shape index (κ2) is 4.97. The Bertz CT molecular complexity index is 596. The Kier molecular flexibility index (Phi) is 3.16. The van der Waals surface area contributed by atoms with Crippen molar-refractivity contribution < 1.29 is 9.18 Å². The molecule has 6 heteroatoms. The molecular formula is C13H12FN3OS. The van der Waals surface area contributed by atoms with Gasteiger partial charge < -0.3 is 10.2 Å². The van der Waals surface area contributed by atoms with Gasteiger partial charge >= 0.3 is 0 Å². The molecule has 0 saturated carbocycles. The number of thiazole rings is 1. The highest BCUT2D eigenvalue weighted by molar-refractivity contribution is 7.14. The molecule has 4 nitrogen and oxygen atoms in total. The lowest BCUT2D eigenvalue weighted by Crippen LogP contribution is -2.47. The van der Waals surface area contributed by atoms with Crippen LogP contribution in [0.15, 0.2) is 29.6 Å². The van der Waals surface area contributed by atoms with Gasteiger partial charge in [0.2, 0.25) is 5.91 Å². The van der Waals surface area contributed by atoms with Crippen molar-refractivity contribution in [3.05, 3.63) is 35.5 Å². The number of benzene rings is 1. The zero-order valence-corrected chi connectivity index (χ0v) is 10.9. The molecule has 0 spiro atoms. The van der Waals surface area contributed by atoms with Crippen LogP contribution in [0, 0.1) is 5.82 Å². The molecule has 1 amide bonds. The molecule has 1 aromatic heterocycles. The van der Waals surface area contributed by atoms with Crippen molar-refractivity contribution in [3.8, 4) is 11.3 Å². The lowest BCUT2D eigenvalue weighted by atomic mass is 10.2. The van der Waals surface area contributed by atoms with Crippen LogP contribution < -0.4 is 10.2 Å². The highest BCUT2D eigenvalue weighted by Crippen LogP contribution is 2.27. The lowest BCUT2D eigenvalue weighted by Gasteiger charge is -2.25. The molecule has 0 unspecified atom stereocenters. The molecule has 1 aliphatic rings. The summed E-state index contributed by atoms with van der Waals surface area (Å²) in [5.41, 5.74) is 1.69. The Morgan fingerprint density at radius 3 is 2.84 bits per heavy atom. The van der Waals surface area contributed by atoms with Gasteiger partial charge in [0.25, 0.3) is 0 Å². The van der Waals surface area contributed by atoms with Gasteiger partial charge in [0, 0.05) is 24.0 Å². The van der Waals surface area contributed by atoms with Crippen LogP contribution in [0.1, 0.15) is 0 Å². The summed E-state index contributed by atoms with van der Waals surface area (Å²) in [4.78, 5) is 17.8. The Labute approximate surface area is 113 Å². The fourth-order valence-corrected chi connectivity index (χ4v) is 2.83. The van der Waals surface area contributed by atoms with Crippen LogP contribution in [0.5, 0.6) is 0 Å². The third-order valence-electron chi connectivity index (χ3n) is 2.94. The van der Waals surface area contributed by atoms with Crippen LogP contribution in [-0.2, 0) is 4.79 Å². The largest absolute Gasteiger partial charge is 0.353 e. The number of halogens is 1. The van der Waals surface area contributed by atoms with E-state index in [0.717, 1.165) is 22.9 Å². The van der Waals surface area contributed by atoms with Crippen LogP contribution in [0.2, 0.25) is 0 Å². The number of piperazine rings is 1. The van der Waals surface area contributed by atoms with Crippen molar-refractivity contribution >= 4 is 22.4 Å². The Morgan fingerprint density at radius 2 is 2.11 bits per heavy atom. The van der Waals surface area contributed by atoms with E-state index >= 15 is 0 Å². The van der Waals surface area contributed by atoms with Crippen molar-refractivity contribution in [1.29, 1.82) is 0 Å². The van der Waals surface area contributed by atoms with E-state index in [4.69, 9.17) is 0 Å². The number of nitrogens with zero attached hydrogens (tertiary/aromatic N) is 2. The van der Waals surface area contributed by atoms with Gasteiger partial charge in [-0.2, -0.15) is 0 Å². The van der Waals surface area contributed by atoms with Gasteiger partial charge in [0.05, 0.1) is 12.2 Å². The molecule has 1 aromatic carbocycles. The van der Waals surface area contributed by atoms with E-state index in [1.807, 2.05) is 10.3 Å². The van der Waals surface area contributed by atoms with Crippen LogP contribution in [0.3, 0.4) is 0 Å². The van der Waals surface area contributed by atoms with E-state index in [-0.39, 0.29) is 11.7 Å². The van der Waals surface area contributed by atoms with Crippen LogP contribution >= 0.6 is 11.3 Å². The highest BCUT2D eigenvalue weighted by atomic mass is 32.1. The minimum absolute atomic E-state index is 0.0183. The predicted octanol–water partition coefficient (Wildman–Crippen LogP) is 1.89. The summed E-state index contributed by atoms with van der Waals surface area (Å²) >= 11 is 1.50. The monoisotopic (exact) mass is 277 g/mol. The fourth-order valence-electron chi connectivity index (χ4n) is 1.96. The molecule has 1 fully saturated rings. The Morgan fingerprint density at radius 1 is 1.32 bits per heavy atom. The minimum atomic E-state index is -0.257. The maximum atomic E-state index is 12.9. The van der Waals surface area contributed by atoms with Crippen molar-refractivity contribution in [2.75, 3.05) is 24.5 Å². The number of rotatable bonds is 2. The summed E-state index contributed by atoms with van der Waals surface area (Å²) in [7, 11) is 0. The zero-order valence-electron chi connectivity index (χ0n) is 10.1. The molecule has 2 heterocycles. The van der Waals surface area contributed by atoms with Gasteiger partial charge in [-0.05, 0) is 24.3 Å². The van der Waals surface area contributed by atoms with Crippen LogP contribution in [0.25, 0.3) is 11.3 Å². The molecule has 0 bridgehead atoms. The summed E-state index contributed by atoms with van der Waals surface area (Å²) in [5, 5.41) is 5.53. The summed E-state index contributed by atoms with van der Waals surface area (Å²) < 4.78 is 12.9. The van der Waals surface area contributed by atoms with E-state index in [2.05, 4.69) is 10.3 Å². The van der Waals surface area contributed by atoms with Gasteiger partial charge in [-0.25, -0.2) is 9.37 Å². The molecule has 98 valence electrons. The smallest absolute Gasteiger partial charge is 0.239 e. The molecule has 1 aliphatic heterocycles. The van der Waals surface area contributed by atoms with Gasteiger partial charge in [0.15, 0.2) is 5.13 Å². The molecule has 0 atom stereocenters. The molecule has 1 saturated heterocycles. The third kappa shape index (κ3) is 2.58. The molecule has 2 aromatic rings. The quantitative estimate of drug-likeness (QED) is 0.911. The summed E-state index contributed by atoms with van der Waals surface area (Å²) in [6, 6.07) is 6.25. The van der Waals surface area contributed by atoms with Gasteiger partial charge in [0.1, 0.15) is 5.82 Å². The van der Waals surface area contributed by atoms with Gasteiger partial charge in [-0.15, -0.1) is 11.3 Å². The Balaban J connectivity index is 1.82. The number of amides is 1. The lowest BCUT2D eigenvalue weighted by molar-refractivity contribution is -0.120. The van der Waals surface area contributed by atoms with Gasteiger partial charge in [-0.1, -0.05) is 0 Å². The topological polar surface area (TPSA) is 45.2 Å². The van der Waals surface area contributed by atoms with Crippen molar-refractivity contribution in [2.45, 2.75) is 0 Å². The minimum Gasteiger partial charge on any atom is -0.353 e. The van der Waals surface area contributed by atoms with Crippen molar-refractivity contribution in [1.82, 2.24) is 10.3 Å². The zero-order chi connectivity index (χ0) is 13.2. The van der Waals surface area contributed by atoms with Crippen molar-refractivity contribution in [2.24, 2.45) is 0 Å². The van der Waals surface area contributed by atoms with E-state index < -0.39 is 0 Å². The SMILES string of the molecule is O=C1CN(c2nc(-c3ccc(F)cc3)cs2)CCN1. The second-order valence-corrected chi connectivity index (χ2v) is 5.13. The van der Waals surface area contributed by atoms with E-state index in [1.165, 1.54) is 23.5 Å².